The molecule has 1 heterocycles. The molecular formula is C25H18F3N3O3. The van der Waals surface area contributed by atoms with Crippen molar-refractivity contribution >= 4 is 22.5 Å². The van der Waals surface area contributed by atoms with Gasteiger partial charge in [0.2, 0.25) is 0 Å². The summed E-state index contributed by atoms with van der Waals surface area (Å²) in [6, 6.07) is 16.8. The van der Waals surface area contributed by atoms with E-state index in [2.05, 4.69) is 4.85 Å². The molecule has 4 rings (SSSR count). The number of halogens is 3. The molecule has 0 fully saturated rings. The number of hydrogen-bond donors (Lipinski definition) is 2. The Hall–Kier alpha value is -4.29. The fourth-order valence-corrected chi connectivity index (χ4v) is 3.63. The molecule has 0 aliphatic heterocycles. The normalized spacial score (nSPS) is 13.3. The molecule has 1 aromatic heterocycles. The van der Waals surface area contributed by atoms with Crippen molar-refractivity contribution in [2.45, 2.75) is 18.7 Å². The zero-order valence-electron chi connectivity index (χ0n) is 17.8. The second-order valence-electron chi connectivity index (χ2n) is 7.75. The number of ether oxygens (including phenoxy) is 1. The largest absolute Gasteiger partial charge is 0.457 e. The monoisotopic (exact) mass is 465 g/mol. The van der Waals surface area contributed by atoms with Gasteiger partial charge in [-0.2, -0.15) is 13.2 Å². The summed E-state index contributed by atoms with van der Waals surface area (Å²) in [6.45, 7) is 8.25. The second-order valence-corrected chi connectivity index (χ2v) is 7.75. The molecule has 3 N–H and O–H groups in total. The summed E-state index contributed by atoms with van der Waals surface area (Å²) in [7, 11) is 0. The van der Waals surface area contributed by atoms with Crippen molar-refractivity contribution in [2.24, 2.45) is 5.73 Å². The summed E-state index contributed by atoms with van der Waals surface area (Å²) in [5.74, 6) is -0.659. The summed E-state index contributed by atoms with van der Waals surface area (Å²) in [4.78, 5) is 14.7. The Kier molecular flexibility index (Phi) is 5.55. The number of amides is 1. The van der Waals surface area contributed by atoms with Crippen LogP contribution in [0.3, 0.4) is 0 Å². The number of fused-ring (bicyclic) bond motifs is 1. The van der Waals surface area contributed by atoms with Crippen LogP contribution in [0.25, 0.3) is 21.4 Å². The minimum atomic E-state index is -4.68. The molecule has 1 unspecified atom stereocenters. The van der Waals surface area contributed by atoms with Crippen molar-refractivity contribution in [3.05, 3.63) is 95.5 Å². The van der Waals surface area contributed by atoms with Gasteiger partial charge in [0, 0.05) is 22.8 Å². The van der Waals surface area contributed by atoms with Gasteiger partial charge in [-0.15, -0.1) is 0 Å². The standard InChI is InChI=1S/C25H18F3N3O3/c1-24(33,23(29)32)20-14-31(22-6-4-3-5-18(20)22)15-7-9-16(10-8-15)34-17-11-12-21(30-2)19(13-17)25(26,27)28/h3-14,33H,1H3,(H2,29,32). The third-order valence-corrected chi connectivity index (χ3v) is 5.46. The van der Waals surface area contributed by atoms with Crippen LogP contribution in [0, 0.1) is 6.57 Å². The highest BCUT2D eigenvalue weighted by Crippen LogP contribution is 2.39. The van der Waals surface area contributed by atoms with Crippen LogP contribution in [0.5, 0.6) is 11.5 Å². The maximum Gasteiger partial charge on any atom is 0.407 e. The first-order valence-electron chi connectivity index (χ1n) is 10.0. The van der Waals surface area contributed by atoms with E-state index in [-0.39, 0.29) is 11.5 Å². The van der Waals surface area contributed by atoms with E-state index in [0.29, 0.717) is 16.6 Å². The smallest absolute Gasteiger partial charge is 0.407 e. The van der Waals surface area contributed by atoms with Crippen molar-refractivity contribution in [1.82, 2.24) is 4.57 Å². The zero-order valence-corrected chi connectivity index (χ0v) is 17.8. The Balaban J connectivity index is 1.69. The first kappa shape index (κ1) is 22.9. The van der Waals surface area contributed by atoms with Crippen molar-refractivity contribution in [3.63, 3.8) is 0 Å². The van der Waals surface area contributed by atoms with Gasteiger partial charge in [0.05, 0.1) is 17.7 Å². The number of nitrogens with zero attached hydrogens (tertiary/aromatic N) is 2. The number of hydrogen-bond acceptors (Lipinski definition) is 3. The third kappa shape index (κ3) is 4.07. The van der Waals surface area contributed by atoms with Gasteiger partial charge in [-0.3, -0.25) is 4.79 Å². The van der Waals surface area contributed by atoms with E-state index in [1.807, 2.05) is 12.1 Å². The Morgan fingerprint density at radius 1 is 1.03 bits per heavy atom. The van der Waals surface area contributed by atoms with Gasteiger partial charge in [0.15, 0.2) is 11.3 Å². The third-order valence-electron chi connectivity index (χ3n) is 5.46. The molecule has 0 aliphatic carbocycles. The molecule has 1 atom stereocenters. The number of aromatic nitrogens is 1. The van der Waals surface area contributed by atoms with Crippen LogP contribution in [-0.2, 0) is 16.6 Å². The number of benzene rings is 3. The van der Waals surface area contributed by atoms with Crippen molar-refractivity contribution < 1.29 is 27.8 Å². The van der Waals surface area contributed by atoms with Gasteiger partial charge >= 0.3 is 6.18 Å². The summed E-state index contributed by atoms with van der Waals surface area (Å²) in [5.41, 5.74) is 3.66. The molecule has 0 aliphatic rings. The molecule has 0 spiro atoms. The molecule has 172 valence electrons. The van der Waals surface area contributed by atoms with Crippen LogP contribution in [0.2, 0.25) is 0 Å². The summed E-state index contributed by atoms with van der Waals surface area (Å²) < 4.78 is 47.0. The lowest BCUT2D eigenvalue weighted by Crippen LogP contribution is -2.38. The Morgan fingerprint density at radius 2 is 1.68 bits per heavy atom. The number of carbonyl (C=O) groups is 1. The van der Waals surface area contributed by atoms with E-state index in [0.717, 1.165) is 17.6 Å². The first-order chi connectivity index (χ1) is 16.0. The number of rotatable bonds is 5. The number of para-hydroxylation sites is 1. The quantitative estimate of drug-likeness (QED) is 0.372. The van der Waals surface area contributed by atoms with Gasteiger partial charge in [-0.25, -0.2) is 4.85 Å². The summed E-state index contributed by atoms with van der Waals surface area (Å²) in [6.07, 6.45) is -3.06. The van der Waals surface area contributed by atoms with E-state index < -0.39 is 28.9 Å². The van der Waals surface area contributed by atoms with Gasteiger partial charge in [0.1, 0.15) is 11.5 Å². The van der Waals surface area contributed by atoms with Gasteiger partial charge < -0.3 is 20.1 Å². The molecule has 9 heteroatoms. The SMILES string of the molecule is [C-]#[N+]c1ccc(Oc2ccc(-n3cc(C(C)(O)C(N)=O)c4ccccc43)cc2)cc1C(F)(F)F. The number of aliphatic hydroxyl groups is 1. The topological polar surface area (TPSA) is 81.8 Å². The van der Waals surface area contributed by atoms with E-state index in [1.165, 1.54) is 13.0 Å². The molecule has 0 saturated carbocycles. The lowest BCUT2D eigenvalue weighted by molar-refractivity contribution is -0.137. The zero-order chi connectivity index (χ0) is 24.7. The lowest BCUT2D eigenvalue weighted by atomic mass is 9.95. The second kappa shape index (κ2) is 8.24. The van der Waals surface area contributed by atoms with Crippen LogP contribution in [0.4, 0.5) is 18.9 Å². The van der Waals surface area contributed by atoms with Crippen LogP contribution in [-0.4, -0.2) is 15.6 Å². The van der Waals surface area contributed by atoms with Gasteiger partial charge in [-0.05, 0) is 49.4 Å². The molecule has 0 bridgehead atoms. The molecular weight excluding hydrogens is 447 g/mol. The predicted molar refractivity (Wildman–Crippen MR) is 120 cm³/mol. The summed E-state index contributed by atoms with van der Waals surface area (Å²) >= 11 is 0. The molecule has 4 aromatic rings. The Labute approximate surface area is 192 Å². The molecule has 0 saturated heterocycles. The van der Waals surface area contributed by atoms with Crippen LogP contribution < -0.4 is 10.5 Å². The fraction of sp³-hybridized carbons (Fsp3) is 0.120. The van der Waals surface area contributed by atoms with Crippen LogP contribution >= 0.6 is 0 Å². The number of nitrogens with two attached hydrogens (primary N) is 1. The maximum atomic E-state index is 13.2. The molecule has 3 aromatic carbocycles. The van der Waals surface area contributed by atoms with Crippen LogP contribution in [0.1, 0.15) is 18.1 Å². The molecule has 34 heavy (non-hydrogen) atoms. The van der Waals surface area contributed by atoms with Gasteiger partial charge in [-0.1, -0.05) is 24.3 Å². The molecule has 1 amide bonds. The average molecular weight is 465 g/mol. The first-order valence-corrected chi connectivity index (χ1v) is 10.0. The number of primary amides is 1. The minimum Gasteiger partial charge on any atom is -0.457 e. The molecule has 0 radical (unpaired) electrons. The molecule has 6 nitrogen and oxygen atoms in total. The predicted octanol–water partition coefficient (Wildman–Crippen LogP) is 5.69. The average Bonchev–Trinajstić information content (AvgIpc) is 3.19. The van der Waals surface area contributed by atoms with E-state index in [9.17, 15) is 23.1 Å². The maximum absolute atomic E-state index is 13.2. The van der Waals surface area contributed by atoms with Gasteiger partial charge in [0.25, 0.3) is 5.91 Å². The van der Waals surface area contributed by atoms with Crippen molar-refractivity contribution in [3.8, 4) is 17.2 Å². The minimum absolute atomic E-state index is 0.0568. The Bertz CT molecular complexity index is 1430. The van der Waals surface area contributed by atoms with E-state index in [1.54, 1.807) is 47.2 Å². The van der Waals surface area contributed by atoms with Crippen molar-refractivity contribution in [1.29, 1.82) is 0 Å². The summed E-state index contributed by atoms with van der Waals surface area (Å²) in [5, 5.41) is 11.3. The highest BCUT2D eigenvalue weighted by molar-refractivity contribution is 5.94. The number of carbonyl (C=O) groups excluding carboxylic acids is 1. The van der Waals surface area contributed by atoms with Crippen molar-refractivity contribution in [2.75, 3.05) is 0 Å². The van der Waals surface area contributed by atoms with E-state index in [4.69, 9.17) is 17.0 Å². The highest BCUT2D eigenvalue weighted by Gasteiger charge is 2.34. The van der Waals surface area contributed by atoms with Crippen LogP contribution in [0.15, 0.2) is 72.9 Å². The highest BCUT2D eigenvalue weighted by atomic mass is 19.4. The van der Waals surface area contributed by atoms with E-state index >= 15 is 0 Å². The number of alkyl halides is 3. The fourth-order valence-electron chi connectivity index (χ4n) is 3.63. The Morgan fingerprint density at radius 3 is 2.29 bits per heavy atom. The lowest BCUT2D eigenvalue weighted by Gasteiger charge is -2.18.